The van der Waals surface area contributed by atoms with Crippen molar-refractivity contribution in [3.05, 3.63) is 36.3 Å². The third kappa shape index (κ3) is 4.49. The largest absolute Gasteiger partial charge is 0.390 e. The van der Waals surface area contributed by atoms with Gasteiger partial charge in [-0.1, -0.05) is 0 Å². The summed E-state index contributed by atoms with van der Waals surface area (Å²) in [6.07, 6.45) is 5.38. The van der Waals surface area contributed by atoms with E-state index >= 15 is 0 Å². The van der Waals surface area contributed by atoms with Gasteiger partial charge in [0.05, 0.1) is 18.3 Å². The SMILES string of the molecule is Cc1ccc(N2CCC[C@@H](NC[C@H](O)Cn3cccn3)C2)nn1. The molecule has 1 fully saturated rings. The highest BCUT2D eigenvalue weighted by atomic mass is 16.3. The fourth-order valence-corrected chi connectivity index (χ4v) is 2.90. The summed E-state index contributed by atoms with van der Waals surface area (Å²) >= 11 is 0. The Morgan fingerprint density at radius 2 is 2.30 bits per heavy atom. The van der Waals surface area contributed by atoms with Crippen molar-refractivity contribution >= 4 is 5.82 Å². The Kier molecular flexibility index (Phi) is 5.19. The molecule has 0 unspecified atom stereocenters. The van der Waals surface area contributed by atoms with Crippen molar-refractivity contribution in [1.29, 1.82) is 0 Å². The molecule has 0 spiro atoms. The highest BCUT2D eigenvalue weighted by Gasteiger charge is 2.21. The van der Waals surface area contributed by atoms with Crippen molar-refractivity contribution < 1.29 is 5.11 Å². The number of aliphatic hydroxyl groups excluding tert-OH is 1. The van der Waals surface area contributed by atoms with Crippen LogP contribution in [0.1, 0.15) is 18.5 Å². The third-order valence-electron chi connectivity index (χ3n) is 4.13. The number of hydrogen-bond donors (Lipinski definition) is 2. The van der Waals surface area contributed by atoms with Crippen LogP contribution >= 0.6 is 0 Å². The molecule has 3 rings (SSSR count). The molecule has 124 valence electrons. The number of aromatic nitrogens is 4. The number of nitrogens with one attached hydrogen (secondary N) is 1. The van der Waals surface area contributed by atoms with Gasteiger partial charge < -0.3 is 15.3 Å². The number of piperidine rings is 1. The Bertz CT molecular complexity index is 585. The summed E-state index contributed by atoms with van der Waals surface area (Å²) in [7, 11) is 0. The van der Waals surface area contributed by atoms with Gasteiger partial charge in [-0.25, -0.2) is 0 Å². The molecule has 23 heavy (non-hydrogen) atoms. The maximum absolute atomic E-state index is 10.1. The molecule has 1 saturated heterocycles. The van der Waals surface area contributed by atoms with Crippen molar-refractivity contribution in [2.45, 2.75) is 38.5 Å². The van der Waals surface area contributed by atoms with Gasteiger partial charge in [0.1, 0.15) is 0 Å². The van der Waals surface area contributed by atoms with Crippen molar-refractivity contribution in [1.82, 2.24) is 25.3 Å². The minimum absolute atomic E-state index is 0.360. The first-order valence-electron chi connectivity index (χ1n) is 8.15. The second-order valence-corrected chi connectivity index (χ2v) is 6.11. The number of nitrogens with zero attached hydrogens (tertiary/aromatic N) is 5. The lowest BCUT2D eigenvalue weighted by Gasteiger charge is -2.34. The Morgan fingerprint density at radius 3 is 3.04 bits per heavy atom. The zero-order valence-electron chi connectivity index (χ0n) is 13.5. The molecule has 0 aromatic carbocycles. The molecule has 1 aliphatic rings. The highest BCUT2D eigenvalue weighted by Crippen LogP contribution is 2.17. The minimum Gasteiger partial charge on any atom is -0.390 e. The van der Waals surface area contributed by atoms with Gasteiger partial charge in [-0.2, -0.15) is 10.2 Å². The molecular weight excluding hydrogens is 292 g/mol. The van der Waals surface area contributed by atoms with Crippen LogP contribution in [-0.2, 0) is 6.54 Å². The van der Waals surface area contributed by atoms with E-state index in [2.05, 4.69) is 25.5 Å². The molecule has 0 amide bonds. The lowest BCUT2D eigenvalue weighted by molar-refractivity contribution is 0.141. The number of anilines is 1. The summed E-state index contributed by atoms with van der Waals surface area (Å²) < 4.78 is 1.75. The summed E-state index contributed by atoms with van der Waals surface area (Å²) in [6.45, 7) is 4.92. The molecule has 2 aromatic rings. The molecule has 2 atom stereocenters. The molecule has 7 nitrogen and oxygen atoms in total. The molecule has 2 N–H and O–H groups in total. The van der Waals surface area contributed by atoms with Crippen molar-refractivity contribution in [3.63, 3.8) is 0 Å². The number of aryl methyl sites for hydroxylation is 1. The molecule has 1 aliphatic heterocycles. The number of aliphatic hydroxyl groups is 1. The predicted octanol–water partition coefficient (Wildman–Crippen LogP) is 0.601. The van der Waals surface area contributed by atoms with Crippen molar-refractivity contribution in [3.8, 4) is 0 Å². The van der Waals surface area contributed by atoms with Crippen LogP contribution in [0.15, 0.2) is 30.6 Å². The van der Waals surface area contributed by atoms with Gasteiger partial charge in [-0.15, -0.1) is 5.10 Å². The third-order valence-corrected chi connectivity index (χ3v) is 4.13. The Labute approximate surface area is 136 Å². The molecule has 0 bridgehead atoms. The summed E-state index contributed by atoms with van der Waals surface area (Å²) in [4.78, 5) is 2.26. The van der Waals surface area contributed by atoms with Crippen LogP contribution in [0.25, 0.3) is 0 Å². The van der Waals surface area contributed by atoms with E-state index in [9.17, 15) is 5.11 Å². The maximum Gasteiger partial charge on any atom is 0.151 e. The van der Waals surface area contributed by atoms with Gasteiger partial charge in [0.2, 0.25) is 0 Å². The van der Waals surface area contributed by atoms with E-state index in [-0.39, 0.29) is 0 Å². The summed E-state index contributed by atoms with van der Waals surface area (Å²) in [5.74, 6) is 0.930. The van der Waals surface area contributed by atoms with Crippen LogP contribution in [0.4, 0.5) is 5.82 Å². The second-order valence-electron chi connectivity index (χ2n) is 6.11. The standard InChI is InChI=1S/C16H24N6O/c1-13-5-6-16(20-19-13)21-8-2-4-14(11-21)17-10-15(23)12-22-9-3-7-18-22/h3,5-7,9,14-15,17,23H,2,4,8,10-12H2,1H3/t14-,15+/m1/s1. The van der Waals surface area contributed by atoms with Crippen LogP contribution in [0.3, 0.4) is 0 Å². The van der Waals surface area contributed by atoms with Crippen molar-refractivity contribution in [2.24, 2.45) is 0 Å². The van der Waals surface area contributed by atoms with E-state index in [4.69, 9.17) is 0 Å². The quantitative estimate of drug-likeness (QED) is 0.812. The Morgan fingerprint density at radius 1 is 1.39 bits per heavy atom. The molecule has 0 saturated carbocycles. The van der Waals surface area contributed by atoms with E-state index in [1.807, 2.05) is 31.3 Å². The lowest BCUT2D eigenvalue weighted by Crippen LogP contribution is -2.48. The second kappa shape index (κ2) is 7.52. The van der Waals surface area contributed by atoms with Gasteiger partial charge in [0.15, 0.2) is 5.82 Å². The van der Waals surface area contributed by atoms with Gasteiger partial charge in [-0.3, -0.25) is 4.68 Å². The van der Waals surface area contributed by atoms with Crippen LogP contribution < -0.4 is 10.2 Å². The molecule has 7 heteroatoms. The predicted molar refractivity (Wildman–Crippen MR) is 88.2 cm³/mol. The van der Waals surface area contributed by atoms with Crippen LogP contribution in [0, 0.1) is 6.92 Å². The fourth-order valence-electron chi connectivity index (χ4n) is 2.90. The maximum atomic E-state index is 10.1. The molecular formula is C16H24N6O. The van der Waals surface area contributed by atoms with Gasteiger partial charge in [0, 0.05) is 38.1 Å². The monoisotopic (exact) mass is 316 g/mol. The Hall–Kier alpha value is -1.99. The van der Waals surface area contributed by atoms with E-state index in [0.29, 0.717) is 19.1 Å². The first-order valence-corrected chi connectivity index (χ1v) is 8.15. The van der Waals surface area contributed by atoms with Crippen LogP contribution in [-0.4, -0.2) is 56.9 Å². The highest BCUT2D eigenvalue weighted by molar-refractivity contribution is 5.38. The average molecular weight is 316 g/mol. The molecule has 0 radical (unpaired) electrons. The zero-order valence-corrected chi connectivity index (χ0v) is 13.5. The first kappa shape index (κ1) is 15.9. The Balaban J connectivity index is 1.47. The van der Waals surface area contributed by atoms with Gasteiger partial charge in [-0.05, 0) is 38.0 Å². The molecule has 3 heterocycles. The number of rotatable bonds is 6. The minimum atomic E-state index is -0.440. The van der Waals surface area contributed by atoms with Gasteiger partial charge in [0.25, 0.3) is 0 Å². The molecule has 0 aliphatic carbocycles. The van der Waals surface area contributed by atoms with E-state index in [1.165, 1.54) is 0 Å². The topological polar surface area (TPSA) is 79.1 Å². The van der Waals surface area contributed by atoms with E-state index in [1.54, 1.807) is 10.9 Å². The summed E-state index contributed by atoms with van der Waals surface area (Å²) in [5, 5.41) is 26.1. The van der Waals surface area contributed by atoms with E-state index in [0.717, 1.165) is 37.4 Å². The van der Waals surface area contributed by atoms with E-state index < -0.39 is 6.10 Å². The van der Waals surface area contributed by atoms with Crippen LogP contribution in [0.5, 0.6) is 0 Å². The lowest BCUT2D eigenvalue weighted by atomic mass is 10.1. The fraction of sp³-hybridized carbons (Fsp3) is 0.562. The number of hydrogen-bond acceptors (Lipinski definition) is 6. The summed E-state index contributed by atoms with van der Waals surface area (Å²) in [5.41, 5.74) is 0.933. The average Bonchev–Trinajstić information content (AvgIpc) is 3.07. The first-order chi connectivity index (χ1) is 11.2. The van der Waals surface area contributed by atoms with Gasteiger partial charge >= 0.3 is 0 Å². The van der Waals surface area contributed by atoms with Crippen molar-refractivity contribution in [2.75, 3.05) is 24.5 Å². The smallest absolute Gasteiger partial charge is 0.151 e. The summed E-state index contributed by atoms with van der Waals surface area (Å²) in [6, 6.07) is 6.24. The zero-order chi connectivity index (χ0) is 16.1. The normalized spacial score (nSPS) is 19.7. The van der Waals surface area contributed by atoms with Crippen LogP contribution in [0.2, 0.25) is 0 Å². The molecule has 2 aromatic heterocycles.